The smallest absolute Gasteiger partial charge is 0.165 e. The summed E-state index contributed by atoms with van der Waals surface area (Å²) >= 11 is 0. The summed E-state index contributed by atoms with van der Waals surface area (Å²) < 4.78 is 7.41. The molecule has 1 aliphatic rings. The largest absolute Gasteiger partial charge is 0.504 e. The average molecular weight is 321 g/mol. The Bertz CT molecular complexity index is 914. The van der Waals surface area contributed by atoms with Crippen LogP contribution >= 0.6 is 0 Å². The number of aromatic hydroxyl groups is 1. The number of hydrogen-bond acceptors (Lipinski definition) is 4. The maximum absolute atomic E-state index is 10.2. The van der Waals surface area contributed by atoms with E-state index in [2.05, 4.69) is 28.6 Å². The van der Waals surface area contributed by atoms with Crippen molar-refractivity contribution in [2.75, 3.05) is 7.11 Å². The highest BCUT2D eigenvalue weighted by Crippen LogP contribution is 2.43. The SMILES string of the molecule is COc1cc2c(cc1O)-c1nnc(-c3ccccc3)n1C(C)(C)C2. The lowest BCUT2D eigenvalue weighted by molar-refractivity contribution is 0.345. The highest BCUT2D eigenvalue weighted by Gasteiger charge is 2.35. The Balaban J connectivity index is 1.97. The Morgan fingerprint density at radius 1 is 1.08 bits per heavy atom. The molecule has 0 aliphatic carbocycles. The monoisotopic (exact) mass is 321 g/mol. The minimum atomic E-state index is -0.182. The molecule has 2 heterocycles. The summed E-state index contributed by atoms with van der Waals surface area (Å²) in [5.74, 6) is 2.22. The van der Waals surface area contributed by atoms with Gasteiger partial charge in [-0.2, -0.15) is 0 Å². The number of nitrogens with zero attached hydrogens (tertiary/aromatic N) is 3. The molecule has 1 aromatic heterocycles. The van der Waals surface area contributed by atoms with Crippen LogP contribution in [0.2, 0.25) is 0 Å². The molecule has 1 N–H and O–H groups in total. The Morgan fingerprint density at radius 3 is 2.50 bits per heavy atom. The number of phenolic OH excluding ortho intramolecular Hbond substituents is 1. The van der Waals surface area contributed by atoms with Gasteiger partial charge in [-0.25, -0.2) is 0 Å². The van der Waals surface area contributed by atoms with Crippen LogP contribution < -0.4 is 4.74 Å². The lowest BCUT2D eigenvalue weighted by Gasteiger charge is -2.35. The first-order valence-corrected chi connectivity index (χ1v) is 7.93. The molecule has 3 aromatic rings. The molecule has 4 rings (SSSR count). The van der Waals surface area contributed by atoms with Crippen molar-refractivity contribution in [1.82, 2.24) is 14.8 Å². The minimum absolute atomic E-state index is 0.117. The van der Waals surface area contributed by atoms with Crippen LogP contribution in [-0.2, 0) is 12.0 Å². The normalized spacial score (nSPS) is 14.8. The fourth-order valence-electron chi connectivity index (χ4n) is 3.48. The van der Waals surface area contributed by atoms with Gasteiger partial charge in [0.1, 0.15) is 0 Å². The number of methoxy groups -OCH3 is 1. The van der Waals surface area contributed by atoms with E-state index in [1.165, 1.54) is 0 Å². The fourth-order valence-corrected chi connectivity index (χ4v) is 3.48. The lowest BCUT2D eigenvalue weighted by Crippen LogP contribution is -2.33. The van der Waals surface area contributed by atoms with E-state index in [-0.39, 0.29) is 11.3 Å². The second-order valence-electron chi connectivity index (χ2n) is 6.72. The molecule has 122 valence electrons. The van der Waals surface area contributed by atoms with E-state index in [1.54, 1.807) is 13.2 Å². The maximum Gasteiger partial charge on any atom is 0.165 e. The van der Waals surface area contributed by atoms with Crippen LogP contribution in [0.5, 0.6) is 11.5 Å². The van der Waals surface area contributed by atoms with E-state index in [1.807, 2.05) is 36.4 Å². The Labute approximate surface area is 140 Å². The number of fused-ring (bicyclic) bond motifs is 3. The number of hydrogen-bond donors (Lipinski definition) is 1. The van der Waals surface area contributed by atoms with Crippen LogP contribution in [0.4, 0.5) is 0 Å². The molecule has 1 aliphatic heterocycles. The van der Waals surface area contributed by atoms with Crippen molar-refractivity contribution >= 4 is 0 Å². The summed E-state index contributed by atoms with van der Waals surface area (Å²) in [6.45, 7) is 4.35. The highest BCUT2D eigenvalue weighted by atomic mass is 16.5. The zero-order valence-electron chi connectivity index (χ0n) is 13.9. The second-order valence-corrected chi connectivity index (χ2v) is 6.72. The third-order valence-electron chi connectivity index (χ3n) is 4.57. The van der Waals surface area contributed by atoms with Crippen LogP contribution in [0, 0.1) is 0 Å². The van der Waals surface area contributed by atoms with Crippen LogP contribution in [-0.4, -0.2) is 27.0 Å². The van der Waals surface area contributed by atoms with E-state index >= 15 is 0 Å². The first kappa shape index (κ1) is 14.8. The molecule has 0 saturated carbocycles. The molecule has 0 atom stereocenters. The van der Waals surface area contributed by atoms with Gasteiger partial charge in [0, 0.05) is 16.7 Å². The summed E-state index contributed by atoms with van der Waals surface area (Å²) in [7, 11) is 1.56. The average Bonchev–Trinajstić information content (AvgIpc) is 3.02. The molecule has 5 nitrogen and oxygen atoms in total. The van der Waals surface area contributed by atoms with E-state index in [4.69, 9.17) is 4.74 Å². The third kappa shape index (κ3) is 2.08. The quantitative estimate of drug-likeness (QED) is 0.783. The van der Waals surface area contributed by atoms with Crippen molar-refractivity contribution in [2.45, 2.75) is 25.8 Å². The van der Waals surface area contributed by atoms with E-state index in [0.717, 1.165) is 34.8 Å². The Kier molecular flexibility index (Phi) is 3.13. The van der Waals surface area contributed by atoms with Crippen molar-refractivity contribution in [3.05, 3.63) is 48.0 Å². The number of rotatable bonds is 2. The zero-order valence-corrected chi connectivity index (χ0v) is 13.9. The van der Waals surface area contributed by atoms with E-state index < -0.39 is 0 Å². The molecule has 0 radical (unpaired) electrons. The summed E-state index contributed by atoms with van der Waals surface area (Å²) in [4.78, 5) is 0. The van der Waals surface area contributed by atoms with Crippen molar-refractivity contribution in [3.8, 4) is 34.3 Å². The van der Waals surface area contributed by atoms with Crippen molar-refractivity contribution in [3.63, 3.8) is 0 Å². The zero-order chi connectivity index (χ0) is 16.9. The predicted molar refractivity (Wildman–Crippen MR) is 92.1 cm³/mol. The van der Waals surface area contributed by atoms with Gasteiger partial charge >= 0.3 is 0 Å². The molecule has 0 fully saturated rings. The van der Waals surface area contributed by atoms with Gasteiger partial charge in [0.15, 0.2) is 23.1 Å². The Hall–Kier alpha value is -2.82. The van der Waals surface area contributed by atoms with Crippen molar-refractivity contribution in [2.24, 2.45) is 0 Å². The van der Waals surface area contributed by atoms with Crippen molar-refractivity contribution in [1.29, 1.82) is 0 Å². The van der Waals surface area contributed by atoms with Gasteiger partial charge in [-0.1, -0.05) is 30.3 Å². The summed E-state index contributed by atoms with van der Waals surface area (Å²) in [5.41, 5.74) is 2.86. The van der Waals surface area contributed by atoms with Crippen LogP contribution in [0.1, 0.15) is 19.4 Å². The van der Waals surface area contributed by atoms with Gasteiger partial charge < -0.3 is 14.4 Å². The number of ether oxygens (including phenoxy) is 1. The van der Waals surface area contributed by atoms with Crippen LogP contribution in [0.25, 0.3) is 22.8 Å². The number of phenols is 1. The molecule has 2 aromatic carbocycles. The third-order valence-corrected chi connectivity index (χ3v) is 4.57. The molecule has 24 heavy (non-hydrogen) atoms. The molecule has 0 saturated heterocycles. The summed E-state index contributed by atoms with van der Waals surface area (Å²) in [6.07, 6.45) is 0.809. The predicted octanol–water partition coefficient (Wildman–Crippen LogP) is 3.62. The molecule has 0 spiro atoms. The molecule has 0 bridgehead atoms. The lowest BCUT2D eigenvalue weighted by atomic mass is 9.86. The standard InChI is InChI=1S/C19H19N3O2/c1-19(2)11-13-9-16(24-3)15(23)10-14(13)18-21-20-17(22(18)19)12-7-5-4-6-8-12/h4-10,23H,11H2,1-3H3. The van der Waals surface area contributed by atoms with Gasteiger partial charge in [-0.05, 0) is 38.0 Å². The first-order valence-electron chi connectivity index (χ1n) is 7.93. The molecule has 0 amide bonds. The van der Waals surface area contributed by atoms with Crippen LogP contribution in [0.3, 0.4) is 0 Å². The van der Waals surface area contributed by atoms with Gasteiger partial charge in [-0.3, -0.25) is 0 Å². The van der Waals surface area contributed by atoms with Crippen LogP contribution in [0.15, 0.2) is 42.5 Å². The Morgan fingerprint density at radius 2 is 1.79 bits per heavy atom. The summed E-state index contributed by atoms with van der Waals surface area (Å²) in [5, 5.41) is 19.0. The maximum atomic E-state index is 10.2. The molecule has 5 heteroatoms. The number of benzene rings is 2. The number of aromatic nitrogens is 3. The topological polar surface area (TPSA) is 60.2 Å². The summed E-state index contributed by atoms with van der Waals surface area (Å²) in [6, 6.07) is 13.7. The first-order chi connectivity index (χ1) is 11.5. The minimum Gasteiger partial charge on any atom is -0.504 e. The molecular formula is C19H19N3O2. The van der Waals surface area contributed by atoms with Gasteiger partial charge in [-0.15, -0.1) is 10.2 Å². The highest BCUT2D eigenvalue weighted by molar-refractivity contribution is 5.71. The molecular weight excluding hydrogens is 302 g/mol. The van der Waals surface area contributed by atoms with E-state index in [9.17, 15) is 5.11 Å². The molecule has 0 unspecified atom stereocenters. The van der Waals surface area contributed by atoms with Gasteiger partial charge in [0.05, 0.1) is 7.11 Å². The van der Waals surface area contributed by atoms with Gasteiger partial charge in [0.2, 0.25) is 0 Å². The fraction of sp³-hybridized carbons (Fsp3) is 0.263. The second kappa shape index (κ2) is 5.09. The van der Waals surface area contributed by atoms with Crippen molar-refractivity contribution < 1.29 is 9.84 Å². The van der Waals surface area contributed by atoms with E-state index in [0.29, 0.717) is 5.75 Å². The van der Waals surface area contributed by atoms with Gasteiger partial charge in [0.25, 0.3) is 0 Å².